The average molecular weight is 236 g/mol. The Hall–Kier alpha value is -2.17. The average Bonchev–Trinajstić information content (AvgIpc) is 2.30. The molecule has 3 N–H and O–H groups in total. The van der Waals surface area contributed by atoms with E-state index in [1.165, 1.54) is 12.1 Å². The molecule has 0 aliphatic rings. The van der Waals surface area contributed by atoms with E-state index in [1.807, 2.05) is 0 Å². The molecule has 1 unspecified atom stereocenters. The van der Waals surface area contributed by atoms with E-state index in [2.05, 4.69) is 5.32 Å². The summed E-state index contributed by atoms with van der Waals surface area (Å²) in [5.74, 6) is -0.902. The van der Waals surface area contributed by atoms with E-state index in [0.717, 1.165) is 5.56 Å². The van der Waals surface area contributed by atoms with Gasteiger partial charge in [-0.05, 0) is 24.1 Å². The predicted molar refractivity (Wildman–Crippen MR) is 62.2 cm³/mol. The van der Waals surface area contributed by atoms with Crippen LogP contribution in [0.1, 0.15) is 12.0 Å². The van der Waals surface area contributed by atoms with Gasteiger partial charge < -0.3 is 11.1 Å². The molecule has 0 bridgehead atoms. The van der Waals surface area contributed by atoms with Gasteiger partial charge in [-0.1, -0.05) is 24.3 Å². The predicted octanol–water partition coefficient (Wildman–Crippen LogP) is 0.829. The molecular weight excluding hydrogens is 223 g/mol. The van der Waals surface area contributed by atoms with Gasteiger partial charge in [0.05, 0.1) is 0 Å². The molecule has 0 spiro atoms. The number of nitrogens with one attached hydrogen (secondary N) is 1. The molecule has 1 atom stereocenters. The van der Waals surface area contributed by atoms with Gasteiger partial charge in [-0.2, -0.15) is 0 Å². The summed E-state index contributed by atoms with van der Waals surface area (Å²) in [7, 11) is 0. The maximum absolute atomic E-state index is 12.6. The van der Waals surface area contributed by atoms with Crippen molar-refractivity contribution < 1.29 is 14.0 Å². The summed E-state index contributed by atoms with van der Waals surface area (Å²) in [5, 5.41) is 2.31. The fourth-order valence-corrected chi connectivity index (χ4v) is 1.26. The van der Waals surface area contributed by atoms with Gasteiger partial charge in [-0.3, -0.25) is 9.59 Å². The second-order valence-corrected chi connectivity index (χ2v) is 3.43. The molecule has 1 rings (SSSR count). The summed E-state index contributed by atoms with van der Waals surface area (Å²) in [4.78, 5) is 21.1. The molecule has 0 saturated heterocycles. The zero-order valence-electron chi connectivity index (χ0n) is 9.10. The first-order chi connectivity index (χ1) is 8.13. The lowest BCUT2D eigenvalue weighted by Gasteiger charge is -2.08. The molecule has 1 aromatic carbocycles. The molecule has 2 amide bonds. The maximum atomic E-state index is 12.6. The van der Waals surface area contributed by atoms with Gasteiger partial charge in [0.2, 0.25) is 12.3 Å². The van der Waals surface area contributed by atoms with Gasteiger partial charge in [-0.25, -0.2) is 4.39 Å². The van der Waals surface area contributed by atoms with Crippen LogP contribution in [-0.2, 0) is 9.59 Å². The first-order valence-corrected chi connectivity index (χ1v) is 5.04. The molecule has 0 fully saturated rings. The third kappa shape index (κ3) is 4.46. The molecule has 0 aliphatic carbocycles. The minimum Gasteiger partial charge on any atom is -0.368 e. The van der Waals surface area contributed by atoms with Crippen molar-refractivity contribution in [2.75, 3.05) is 0 Å². The van der Waals surface area contributed by atoms with Gasteiger partial charge in [-0.15, -0.1) is 0 Å². The van der Waals surface area contributed by atoms with Crippen LogP contribution in [0.3, 0.4) is 0 Å². The van der Waals surface area contributed by atoms with Crippen LogP contribution in [0.15, 0.2) is 30.3 Å². The van der Waals surface area contributed by atoms with Gasteiger partial charge in [0.1, 0.15) is 11.9 Å². The van der Waals surface area contributed by atoms with Gasteiger partial charge >= 0.3 is 0 Å². The molecule has 1 aromatic rings. The summed E-state index contributed by atoms with van der Waals surface area (Å²) < 4.78 is 12.6. The van der Waals surface area contributed by atoms with E-state index >= 15 is 0 Å². The van der Waals surface area contributed by atoms with Gasteiger partial charge in [0.15, 0.2) is 0 Å². The lowest BCUT2D eigenvalue weighted by molar-refractivity contribution is -0.122. The van der Waals surface area contributed by atoms with E-state index in [9.17, 15) is 14.0 Å². The van der Waals surface area contributed by atoms with Crippen molar-refractivity contribution in [3.63, 3.8) is 0 Å². The number of halogens is 1. The molecule has 17 heavy (non-hydrogen) atoms. The number of benzene rings is 1. The van der Waals surface area contributed by atoms with Crippen molar-refractivity contribution >= 4 is 18.4 Å². The van der Waals surface area contributed by atoms with Crippen molar-refractivity contribution in [1.82, 2.24) is 5.32 Å². The second kappa shape index (κ2) is 6.42. The Morgan fingerprint density at radius 3 is 2.59 bits per heavy atom. The van der Waals surface area contributed by atoms with E-state index in [4.69, 9.17) is 5.73 Å². The van der Waals surface area contributed by atoms with Gasteiger partial charge in [0, 0.05) is 0 Å². The maximum Gasteiger partial charge on any atom is 0.240 e. The Morgan fingerprint density at radius 2 is 2.06 bits per heavy atom. The minimum absolute atomic E-state index is 0.297. The van der Waals surface area contributed by atoms with Crippen molar-refractivity contribution in [2.45, 2.75) is 12.5 Å². The molecule has 0 aliphatic heterocycles. The van der Waals surface area contributed by atoms with Crippen LogP contribution in [0, 0.1) is 5.82 Å². The number of hydrogen-bond acceptors (Lipinski definition) is 2. The Balaban J connectivity index is 2.56. The van der Waals surface area contributed by atoms with Gasteiger partial charge in [0.25, 0.3) is 0 Å². The number of rotatable bonds is 6. The third-order valence-electron chi connectivity index (χ3n) is 2.16. The molecule has 0 radical (unpaired) electrons. The van der Waals surface area contributed by atoms with Crippen molar-refractivity contribution in [1.29, 1.82) is 0 Å². The SMILES string of the molecule is NC(=O)C(CC=Cc1ccc(F)cc1)NC=O. The quantitative estimate of drug-likeness (QED) is 0.718. The van der Waals surface area contributed by atoms with Crippen molar-refractivity contribution in [3.8, 4) is 0 Å². The van der Waals surface area contributed by atoms with Crippen LogP contribution in [0.4, 0.5) is 4.39 Å². The highest BCUT2D eigenvalue weighted by atomic mass is 19.1. The number of carbonyl (C=O) groups excluding carboxylic acids is 2. The first kappa shape index (κ1) is 12.9. The monoisotopic (exact) mass is 236 g/mol. The molecule has 90 valence electrons. The Kier molecular flexibility index (Phi) is 4.87. The van der Waals surface area contributed by atoms with Crippen LogP contribution >= 0.6 is 0 Å². The summed E-state index contributed by atoms with van der Waals surface area (Å²) in [6.45, 7) is 0. The summed E-state index contributed by atoms with van der Waals surface area (Å²) in [6.07, 6.45) is 4.15. The molecule has 4 nitrogen and oxygen atoms in total. The van der Waals surface area contributed by atoms with E-state index < -0.39 is 11.9 Å². The van der Waals surface area contributed by atoms with E-state index in [0.29, 0.717) is 12.8 Å². The van der Waals surface area contributed by atoms with E-state index in [-0.39, 0.29) is 5.82 Å². The number of primary amides is 1. The topological polar surface area (TPSA) is 72.2 Å². The molecule has 0 saturated carbocycles. The van der Waals surface area contributed by atoms with Crippen molar-refractivity contribution in [3.05, 3.63) is 41.7 Å². The zero-order valence-corrected chi connectivity index (χ0v) is 9.10. The molecule has 5 heteroatoms. The van der Waals surface area contributed by atoms with Crippen LogP contribution < -0.4 is 11.1 Å². The Labute approximate surface area is 98.3 Å². The Morgan fingerprint density at radius 1 is 1.41 bits per heavy atom. The Bertz CT molecular complexity index is 415. The summed E-state index contributed by atoms with van der Waals surface area (Å²) >= 11 is 0. The zero-order chi connectivity index (χ0) is 12.7. The second-order valence-electron chi connectivity index (χ2n) is 3.43. The molecule has 0 heterocycles. The summed E-state index contributed by atoms with van der Waals surface area (Å²) in [5.41, 5.74) is 5.88. The first-order valence-electron chi connectivity index (χ1n) is 5.04. The lowest BCUT2D eigenvalue weighted by Crippen LogP contribution is -2.40. The number of amides is 2. The lowest BCUT2D eigenvalue weighted by atomic mass is 10.1. The highest BCUT2D eigenvalue weighted by Gasteiger charge is 2.10. The van der Waals surface area contributed by atoms with Crippen LogP contribution in [0.25, 0.3) is 6.08 Å². The highest BCUT2D eigenvalue weighted by Crippen LogP contribution is 2.05. The van der Waals surface area contributed by atoms with Crippen LogP contribution in [-0.4, -0.2) is 18.4 Å². The normalized spacial score (nSPS) is 12.3. The highest BCUT2D eigenvalue weighted by molar-refractivity contribution is 5.82. The van der Waals surface area contributed by atoms with Crippen molar-refractivity contribution in [2.24, 2.45) is 5.73 Å². The minimum atomic E-state index is -0.718. The molecule has 0 aromatic heterocycles. The van der Waals surface area contributed by atoms with Crippen LogP contribution in [0.2, 0.25) is 0 Å². The smallest absolute Gasteiger partial charge is 0.240 e. The van der Waals surface area contributed by atoms with Crippen LogP contribution in [0.5, 0.6) is 0 Å². The summed E-state index contributed by atoms with van der Waals surface area (Å²) in [6, 6.07) is 5.18. The fraction of sp³-hybridized carbons (Fsp3) is 0.167. The number of carbonyl (C=O) groups is 2. The fourth-order valence-electron chi connectivity index (χ4n) is 1.26. The molecular formula is C12H13FN2O2. The number of hydrogen-bond donors (Lipinski definition) is 2. The number of nitrogens with two attached hydrogens (primary N) is 1. The standard InChI is InChI=1S/C12H13FN2O2/c13-10-6-4-9(5-7-10)2-1-3-11(12(14)17)15-8-16/h1-2,4-8,11H,3H2,(H2,14,17)(H,15,16). The van der Waals surface area contributed by atoms with E-state index in [1.54, 1.807) is 24.3 Å². The largest absolute Gasteiger partial charge is 0.368 e. The third-order valence-corrected chi connectivity index (χ3v) is 2.16.